The third kappa shape index (κ3) is 8.42. The average molecular weight is 564 g/mol. The Morgan fingerprint density at radius 1 is 0.875 bits per heavy atom. The van der Waals surface area contributed by atoms with E-state index in [1.165, 1.54) is 4.90 Å². The van der Waals surface area contributed by atoms with E-state index in [-0.39, 0.29) is 18.5 Å². The molecule has 8 heteroatoms. The molecule has 0 bridgehead atoms. The SMILES string of the molecule is CC[C@H](C)NC(=O)[C@@H](Cc1ccccc1)N(Cc1cccc(C)c1)C(=O)CN(c1ccc(C)c(C)c1)S(C)(=O)=O. The van der Waals surface area contributed by atoms with Crippen LogP contribution in [0.1, 0.15) is 48.1 Å². The van der Waals surface area contributed by atoms with Crippen molar-refractivity contribution in [1.29, 1.82) is 0 Å². The summed E-state index contributed by atoms with van der Waals surface area (Å²) in [6, 6.07) is 21.7. The van der Waals surface area contributed by atoms with Crippen LogP contribution in [0.2, 0.25) is 0 Å². The number of hydrogen-bond acceptors (Lipinski definition) is 4. The van der Waals surface area contributed by atoms with Crippen LogP contribution < -0.4 is 9.62 Å². The Morgan fingerprint density at radius 3 is 2.15 bits per heavy atom. The number of sulfonamides is 1. The third-order valence-electron chi connectivity index (χ3n) is 7.17. The average Bonchev–Trinajstić information content (AvgIpc) is 2.90. The highest BCUT2D eigenvalue weighted by Gasteiger charge is 2.33. The first kappa shape index (κ1) is 30.9. The quantitative estimate of drug-likeness (QED) is 0.339. The molecule has 2 amide bonds. The van der Waals surface area contributed by atoms with E-state index in [4.69, 9.17) is 0 Å². The maximum absolute atomic E-state index is 14.1. The van der Waals surface area contributed by atoms with E-state index < -0.39 is 28.5 Å². The van der Waals surface area contributed by atoms with Crippen molar-refractivity contribution in [1.82, 2.24) is 10.2 Å². The molecule has 0 radical (unpaired) electrons. The molecule has 0 aliphatic carbocycles. The summed E-state index contributed by atoms with van der Waals surface area (Å²) >= 11 is 0. The predicted molar refractivity (Wildman–Crippen MR) is 162 cm³/mol. The number of nitrogens with one attached hydrogen (secondary N) is 1. The number of carbonyl (C=O) groups is 2. The van der Waals surface area contributed by atoms with Gasteiger partial charge in [-0.05, 0) is 68.5 Å². The summed E-state index contributed by atoms with van der Waals surface area (Å²) in [6.45, 7) is 9.47. The Hall–Kier alpha value is -3.65. The molecule has 0 aliphatic heterocycles. The topological polar surface area (TPSA) is 86.8 Å². The summed E-state index contributed by atoms with van der Waals surface area (Å²) in [5, 5.41) is 3.05. The van der Waals surface area contributed by atoms with Gasteiger partial charge in [0.25, 0.3) is 0 Å². The minimum atomic E-state index is -3.80. The van der Waals surface area contributed by atoms with Gasteiger partial charge in [-0.25, -0.2) is 8.42 Å². The van der Waals surface area contributed by atoms with Gasteiger partial charge in [-0.1, -0.05) is 73.2 Å². The van der Waals surface area contributed by atoms with Crippen molar-refractivity contribution in [2.45, 2.75) is 66.1 Å². The van der Waals surface area contributed by atoms with E-state index in [0.717, 1.165) is 44.8 Å². The molecular weight excluding hydrogens is 522 g/mol. The normalized spacial score (nSPS) is 12.8. The molecule has 0 saturated carbocycles. The summed E-state index contributed by atoms with van der Waals surface area (Å²) in [7, 11) is -3.80. The van der Waals surface area contributed by atoms with Crippen LogP contribution in [-0.4, -0.2) is 50.0 Å². The predicted octanol–water partition coefficient (Wildman–Crippen LogP) is 4.93. The zero-order chi connectivity index (χ0) is 29.4. The molecule has 0 aromatic heterocycles. The lowest BCUT2D eigenvalue weighted by molar-refractivity contribution is -0.140. The molecule has 3 aromatic rings. The smallest absolute Gasteiger partial charge is 0.244 e. The fourth-order valence-electron chi connectivity index (χ4n) is 4.50. The lowest BCUT2D eigenvalue weighted by atomic mass is 10.0. The lowest BCUT2D eigenvalue weighted by Crippen LogP contribution is -2.54. The second-order valence-electron chi connectivity index (χ2n) is 10.6. The van der Waals surface area contributed by atoms with Gasteiger partial charge in [0.2, 0.25) is 21.8 Å². The van der Waals surface area contributed by atoms with Gasteiger partial charge >= 0.3 is 0 Å². The van der Waals surface area contributed by atoms with Crippen molar-refractivity contribution in [3.05, 3.63) is 101 Å². The van der Waals surface area contributed by atoms with Gasteiger partial charge in [-0.2, -0.15) is 0 Å². The van der Waals surface area contributed by atoms with E-state index in [1.807, 2.05) is 95.3 Å². The van der Waals surface area contributed by atoms with Crippen LogP contribution in [0.3, 0.4) is 0 Å². The maximum Gasteiger partial charge on any atom is 0.244 e. The number of carbonyl (C=O) groups excluding carboxylic acids is 2. The Labute approximate surface area is 239 Å². The molecule has 2 atom stereocenters. The van der Waals surface area contributed by atoms with Crippen LogP contribution in [0.5, 0.6) is 0 Å². The standard InChI is InChI=1S/C32H41N3O4S/c1-7-26(5)33-32(37)30(20-27-13-9-8-10-14-27)34(21-28-15-11-12-23(2)18-28)31(36)22-35(40(6,38)39)29-17-16-24(3)25(4)19-29/h8-19,26,30H,7,20-22H2,1-6H3,(H,33,37)/t26-,30+/m0/s1. The van der Waals surface area contributed by atoms with Crippen molar-refractivity contribution < 1.29 is 18.0 Å². The molecule has 0 spiro atoms. The number of nitrogens with zero attached hydrogens (tertiary/aromatic N) is 2. The number of amides is 2. The van der Waals surface area contributed by atoms with Crippen LogP contribution >= 0.6 is 0 Å². The minimum Gasteiger partial charge on any atom is -0.352 e. The summed E-state index contributed by atoms with van der Waals surface area (Å²) in [6.07, 6.45) is 2.13. The van der Waals surface area contributed by atoms with E-state index in [9.17, 15) is 18.0 Å². The van der Waals surface area contributed by atoms with Gasteiger partial charge in [0.05, 0.1) is 11.9 Å². The number of aryl methyl sites for hydroxylation is 3. The Morgan fingerprint density at radius 2 is 1.55 bits per heavy atom. The molecule has 1 N–H and O–H groups in total. The minimum absolute atomic E-state index is 0.0789. The highest BCUT2D eigenvalue weighted by atomic mass is 32.2. The van der Waals surface area contributed by atoms with Gasteiger partial charge in [0.1, 0.15) is 12.6 Å². The van der Waals surface area contributed by atoms with Crippen LogP contribution in [0.4, 0.5) is 5.69 Å². The maximum atomic E-state index is 14.1. The lowest BCUT2D eigenvalue weighted by Gasteiger charge is -2.34. The second kappa shape index (κ2) is 13.6. The Kier molecular flexibility index (Phi) is 10.5. The van der Waals surface area contributed by atoms with Crippen LogP contribution in [0, 0.1) is 20.8 Å². The van der Waals surface area contributed by atoms with Crippen molar-refractivity contribution in [2.75, 3.05) is 17.1 Å². The fraction of sp³-hybridized carbons (Fsp3) is 0.375. The Bertz CT molecular complexity index is 1420. The van der Waals surface area contributed by atoms with Crippen LogP contribution in [0.25, 0.3) is 0 Å². The highest BCUT2D eigenvalue weighted by molar-refractivity contribution is 7.92. The summed E-state index contributed by atoms with van der Waals surface area (Å²) in [5.74, 6) is -0.721. The first-order valence-corrected chi connectivity index (χ1v) is 15.5. The monoisotopic (exact) mass is 563 g/mol. The second-order valence-corrected chi connectivity index (χ2v) is 12.5. The number of rotatable bonds is 12. The molecule has 0 fully saturated rings. The van der Waals surface area contributed by atoms with E-state index in [0.29, 0.717) is 12.1 Å². The molecule has 7 nitrogen and oxygen atoms in total. The highest BCUT2D eigenvalue weighted by Crippen LogP contribution is 2.23. The molecule has 3 aromatic carbocycles. The molecular formula is C32H41N3O4S. The van der Waals surface area contributed by atoms with E-state index in [1.54, 1.807) is 12.1 Å². The van der Waals surface area contributed by atoms with Gasteiger partial charge in [0, 0.05) is 19.0 Å². The third-order valence-corrected chi connectivity index (χ3v) is 8.31. The number of hydrogen-bond donors (Lipinski definition) is 1. The molecule has 0 heterocycles. The van der Waals surface area contributed by atoms with Crippen molar-refractivity contribution in [3.8, 4) is 0 Å². The number of benzene rings is 3. The largest absolute Gasteiger partial charge is 0.352 e. The van der Waals surface area contributed by atoms with Crippen molar-refractivity contribution in [3.63, 3.8) is 0 Å². The van der Waals surface area contributed by atoms with Gasteiger partial charge < -0.3 is 10.2 Å². The van der Waals surface area contributed by atoms with Crippen LogP contribution in [-0.2, 0) is 32.6 Å². The summed E-state index contributed by atoms with van der Waals surface area (Å²) < 4.78 is 27.0. The molecule has 0 unspecified atom stereocenters. The van der Waals surface area contributed by atoms with E-state index in [2.05, 4.69) is 5.32 Å². The Balaban J connectivity index is 2.07. The van der Waals surface area contributed by atoms with E-state index >= 15 is 0 Å². The molecule has 0 saturated heterocycles. The van der Waals surface area contributed by atoms with Crippen LogP contribution in [0.15, 0.2) is 72.8 Å². The molecule has 214 valence electrons. The summed E-state index contributed by atoms with van der Waals surface area (Å²) in [5.41, 5.74) is 5.15. The van der Waals surface area contributed by atoms with Crippen molar-refractivity contribution >= 4 is 27.5 Å². The number of anilines is 1. The van der Waals surface area contributed by atoms with Gasteiger partial charge in [-0.15, -0.1) is 0 Å². The fourth-order valence-corrected chi connectivity index (χ4v) is 5.34. The molecule has 0 aliphatic rings. The summed E-state index contributed by atoms with van der Waals surface area (Å²) in [4.78, 5) is 29.4. The zero-order valence-corrected chi connectivity index (χ0v) is 25.2. The first-order valence-electron chi connectivity index (χ1n) is 13.6. The van der Waals surface area contributed by atoms with Gasteiger partial charge in [-0.3, -0.25) is 13.9 Å². The zero-order valence-electron chi connectivity index (χ0n) is 24.3. The van der Waals surface area contributed by atoms with Crippen molar-refractivity contribution in [2.24, 2.45) is 0 Å². The first-order chi connectivity index (χ1) is 18.9. The molecule has 3 rings (SSSR count). The molecule has 40 heavy (non-hydrogen) atoms. The van der Waals surface area contributed by atoms with Gasteiger partial charge in [0.15, 0.2) is 0 Å².